The molecule has 0 N–H and O–H groups in total. The van der Waals surface area contributed by atoms with Crippen molar-refractivity contribution in [3.63, 3.8) is 0 Å². The Kier molecular flexibility index (Phi) is 5.27. The van der Waals surface area contributed by atoms with Gasteiger partial charge in [-0.15, -0.1) is 0 Å². The Bertz CT molecular complexity index is 1140. The van der Waals surface area contributed by atoms with E-state index in [9.17, 15) is 4.79 Å². The average molecular weight is 408 g/mol. The molecule has 4 aromatic rings. The van der Waals surface area contributed by atoms with Crippen LogP contribution in [0.3, 0.4) is 0 Å². The second-order valence-corrected chi connectivity index (χ2v) is 7.88. The first-order valence-corrected chi connectivity index (χ1v) is 10.8. The zero-order chi connectivity index (χ0) is 21.2. The lowest BCUT2D eigenvalue weighted by molar-refractivity contribution is -0.143. The third-order valence-corrected chi connectivity index (χ3v) is 6.05. The minimum absolute atomic E-state index is 0.0271. The van der Waals surface area contributed by atoms with Crippen LogP contribution in [0, 0.1) is 0 Å². The van der Waals surface area contributed by atoms with E-state index < -0.39 is 0 Å². The molecule has 4 aromatic carbocycles. The lowest BCUT2D eigenvalue weighted by atomic mass is 9.98. The molecule has 0 amide bonds. The number of carbonyl (C=O) groups is 1. The third kappa shape index (κ3) is 3.62. The van der Waals surface area contributed by atoms with E-state index in [0.717, 1.165) is 0 Å². The first-order chi connectivity index (χ1) is 15.3. The zero-order valence-corrected chi connectivity index (χ0v) is 17.5. The molecule has 154 valence electrons. The second-order valence-electron chi connectivity index (χ2n) is 7.88. The highest BCUT2D eigenvalue weighted by atomic mass is 16.5. The van der Waals surface area contributed by atoms with Gasteiger partial charge in [-0.05, 0) is 34.4 Å². The van der Waals surface area contributed by atoms with Crippen LogP contribution < -0.4 is 0 Å². The number of benzene rings is 4. The van der Waals surface area contributed by atoms with Gasteiger partial charge in [-0.2, -0.15) is 0 Å². The minimum atomic E-state index is -0.309. The fourth-order valence-corrected chi connectivity index (χ4v) is 4.69. The van der Waals surface area contributed by atoms with Gasteiger partial charge in [0.05, 0.1) is 18.7 Å². The summed E-state index contributed by atoms with van der Waals surface area (Å²) in [4.78, 5) is 15.3. The van der Waals surface area contributed by atoms with E-state index in [1.54, 1.807) is 0 Å². The van der Waals surface area contributed by atoms with Gasteiger partial charge >= 0.3 is 5.97 Å². The van der Waals surface area contributed by atoms with Crippen molar-refractivity contribution >= 4 is 16.7 Å². The molecule has 0 bridgehead atoms. The molecule has 1 heterocycles. The van der Waals surface area contributed by atoms with Crippen LogP contribution >= 0.6 is 0 Å². The summed E-state index contributed by atoms with van der Waals surface area (Å²) >= 11 is 0. The molecule has 1 aliphatic heterocycles. The Morgan fingerprint density at radius 1 is 0.806 bits per heavy atom. The van der Waals surface area contributed by atoms with Crippen LogP contribution in [-0.4, -0.2) is 23.5 Å². The lowest BCUT2D eigenvalue weighted by Crippen LogP contribution is -2.20. The largest absolute Gasteiger partial charge is 0.465 e. The SMILES string of the molecule is CCOC(=O)[C@H]1[C@@H](c2cccc3ccccc23)N1C(c1ccccc1)c1ccccc1. The molecule has 31 heavy (non-hydrogen) atoms. The quantitative estimate of drug-likeness (QED) is 0.294. The minimum Gasteiger partial charge on any atom is -0.465 e. The summed E-state index contributed by atoms with van der Waals surface area (Å²) in [5.41, 5.74) is 3.52. The predicted molar refractivity (Wildman–Crippen MR) is 124 cm³/mol. The zero-order valence-electron chi connectivity index (χ0n) is 17.5. The van der Waals surface area contributed by atoms with Gasteiger partial charge in [0, 0.05) is 0 Å². The predicted octanol–water partition coefficient (Wildman–Crippen LogP) is 5.92. The van der Waals surface area contributed by atoms with Crippen molar-refractivity contribution in [3.05, 3.63) is 120 Å². The van der Waals surface area contributed by atoms with Gasteiger partial charge in [-0.1, -0.05) is 103 Å². The summed E-state index contributed by atoms with van der Waals surface area (Å²) in [6.45, 7) is 2.25. The Balaban J connectivity index is 1.64. The number of nitrogens with zero attached hydrogens (tertiary/aromatic N) is 1. The molecule has 0 aromatic heterocycles. The van der Waals surface area contributed by atoms with Crippen molar-refractivity contribution in [3.8, 4) is 0 Å². The van der Waals surface area contributed by atoms with Gasteiger partial charge in [0.1, 0.15) is 6.04 Å². The highest BCUT2D eigenvalue weighted by Gasteiger charge is 2.58. The van der Waals surface area contributed by atoms with E-state index in [0.29, 0.717) is 6.61 Å². The van der Waals surface area contributed by atoms with E-state index >= 15 is 0 Å². The van der Waals surface area contributed by atoms with E-state index in [4.69, 9.17) is 4.74 Å². The Morgan fingerprint density at radius 3 is 2.03 bits per heavy atom. The molecule has 1 saturated heterocycles. The van der Waals surface area contributed by atoms with Gasteiger partial charge in [-0.3, -0.25) is 9.69 Å². The third-order valence-electron chi connectivity index (χ3n) is 6.05. The van der Waals surface area contributed by atoms with Crippen LogP contribution in [0.25, 0.3) is 10.8 Å². The highest BCUT2D eigenvalue weighted by Crippen LogP contribution is 2.53. The Labute approximate surface area is 182 Å². The van der Waals surface area contributed by atoms with Crippen LogP contribution in [0.4, 0.5) is 0 Å². The topological polar surface area (TPSA) is 29.3 Å². The van der Waals surface area contributed by atoms with Gasteiger partial charge in [0.25, 0.3) is 0 Å². The molecule has 1 aliphatic rings. The maximum Gasteiger partial charge on any atom is 0.325 e. The fourth-order valence-electron chi connectivity index (χ4n) is 4.69. The number of hydrogen-bond donors (Lipinski definition) is 0. The van der Waals surface area contributed by atoms with Crippen molar-refractivity contribution in [2.24, 2.45) is 0 Å². The Hall–Kier alpha value is -3.43. The Morgan fingerprint density at radius 2 is 1.39 bits per heavy atom. The van der Waals surface area contributed by atoms with Crippen LogP contribution in [0.1, 0.15) is 35.7 Å². The van der Waals surface area contributed by atoms with E-state index in [-0.39, 0.29) is 24.1 Å². The molecule has 1 unspecified atom stereocenters. The molecule has 3 atom stereocenters. The molecule has 3 heteroatoms. The maximum atomic E-state index is 13.0. The van der Waals surface area contributed by atoms with E-state index in [2.05, 4.69) is 95.9 Å². The van der Waals surface area contributed by atoms with Gasteiger partial charge in [0.15, 0.2) is 0 Å². The summed E-state index contributed by atoms with van der Waals surface area (Å²) in [7, 11) is 0. The summed E-state index contributed by atoms with van der Waals surface area (Å²) in [5.74, 6) is -0.155. The number of carbonyl (C=O) groups excluding carboxylic acids is 1. The van der Waals surface area contributed by atoms with Crippen LogP contribution in [0.15, 0.2) is 103 Å². The standard InChI is InChI=1S/C28H25NO2/c1-2-31-28(30)27-26(24-19-11-17-20-12-9-10-18-23(20)24)29(27)25(21-13-5-3-6-14-21)22-15-7-4-8-16-22/h3-19,25-27H,2H2,1H3/t26-,27-,29?/m1/s1. The second kappa shape index (κ2) is 8.37. The average Bonchev–Trinajstić information content (AvgIpc) is 3.55. The molecular weight excluding hydrogens is 382 g/mol. The molecule has 0 spiro atoms. The van der Waals surface area contributed by atoms with Crippen molar-refractivity contribution < 1.29 is 9.53 Å². The molecular formula is C28H25NO2. The normalized spacial score (nSPS) is 20.0. The first kappa shape index (κ1) is 19.5. The highest BCUT2D eigenvalue weighted by molar-refractivity contribution is 5.89. The molecule has 0 radical (unpaired) electrons. The number of rotatable bonds is 6. The van der Waals surface area contributed by atoms with Crippen molar-refractivity contribution in [2.45, 2.75) is 25.0 Å². The van der Waals surface area contributed by atoms with Gasteiger partial charge < -0.3 is 4.74 Å². The molecule has 0 aliphatic carbocycles. The summed E-state index contributed by atoms with van der Waals surface area (Å²) < 4.78 is 5.50. The molecule has 5 rings (SSSR count). The van der Waals surface area contributed by atoms with Crippen LogP contribution in [0.2, 0.25) is 0 Å². The smallest absolute Gasteiger partial charge is 0.325 e. The number of fused-ring (bicyclic) bond motifs is 1. The van der Waals surface area contributed by atoms with Crippen molar-refractivity contribution in [1.82, 2.24) is 4.90 Å². The number of hydrogen-bond acceptors (Lipinski definition) is 3. The number of esters is 1. The number of ether oxygens (including phenoxy) is 1. The maximum absolute atomic E-state index is 13.0. The molecule has 3 nitrogen and oxygen atoms in total. The fraction of sp³-hybridized carbons (Fsp3) is 0.179. The van der Waals surface area contributed by atoms with Crippen molar-refractivity contribution in [2.75, 3.05) is 6.61 Å². The van der Waals surface area contributed by atoms with Crippen molar-refractivity contribution in [1.29, 1.82) is 0 Å². The summed E-state index contributed by atoms with van der Waals surface area (Å²) in [5, 5.41) is 2.37. The van der Waals surface area contributed by atoms with E-state index in [1.165, 1.54) is 27.5 Å². The summed E-state index contributed by atoms with van der Waals surface area (Å²) in [6, 6.07) is 35.2. The lowest BCUT2D eigenvalue weighted by Gasteiger charge is -2.21. The summed E-state index contributed by atoms with van der Waals surface area (Å²) in [6.07, 6.45) is 0. The van der Waals surface area contributed by atoms with E-state index in [1.807, 2.05) is 19.1 Å². The monoisotopic (exact) mass is 407 g/mol. The van der Waals surface area contributed by atoms with Crippen LogP contribution in [-0.2, 0) is 9.53 Å². The van der Waals surface area contributed by atoms with Crippen LogP contribution in [0.5, 0.6) is 0 Å². The van der Waals surface area contributed by atoms with Gasteiger partial charge in [-0.25, -0.2) is 0 Å². The van der Waals surface area contributed by atoms with Gasteiger partial charge in [0.2, 0.25) is 0 Å². The first-order valence-electron chi connectivity index (χ1n) is 10.8. The molecule has 0 saturated carbocycles. The molecule has 1 fully saturated rings.